The van der Waals surface area contributed by atoms with Gasteiger partial charge < -0.3 is 10.4 Å². The minimum atomic E-state index is -0.918. The SMILES string of the molecule is CC1(CNc2cc(C(=O)O)c3ccccc3n2)CCCS1. The van der Waals surface area contributed by atoms with Crippen LogP contribution in [0.15, 0.2) is 30.3 Å². The van der Waals surface area contributed by atoms with Crippen molar-refractivity contribution in [2.45, 2.75) is 24.5 Å². The molecule has 0 saturated carbocycles. The summed E-state index contributed by atoms with van der Waals surface area (Å²) in [6.45, 7) is 3.05. The molecule has 0 spiro atoms. The van der Waals surface area contributed by atoms with Gasteiger partial charge in [-0.05, 0) is 37.7 Å². The van der Waals surface area contributed by atoms with Crippen LogP contribution in [0.25, 0.3) is 10.9 Å². The fraction of sp³-hybridized carbons (Fsp3) is 0.375. The Labute approximate surface area is 128 Å². The second-order valence-corrected chi connectivity index (χ2v) is 7.32. The van der Waals surface area contributed by atoms with Crippen LogP contribution in [-0.2, 0) is 0 Å². The van der Waals surface area contributed by atoms with Gasteiger partial charge in [0.1, 0.15) is 5.82 Å². The maximum absolute atomic E-state index is 11.4. The average Bonchev–Trinajstić information content (AvgIpc) is 2.91. The lowest BCUT2D eigenvalue weighted by atomic mass is 10.1. The number of carboxylic acids is 1. The molecular weight excluding hydrogens is 284 g/mol. The van der Waals surface area contributed by atoms with Crippen LogP contribution in [-0.4, -0.2) is 33.1 Å². The van der Waals surface area contributed by atoms with Crippen LogP contribution < -0.4 is 5.32 Å². The molecule has 1 aliphatic rings. The van der Waals surface area contributed by atoms with Crippen molar-refractivity contribution in [3.63, 3.8) is 0 Å². The number of carboxylic acid groups (broad SMARTS) is 1. The molecule has 4 nitrogen and oxygen atoms in total. The van der Waals surface area contributed by atoms with Crippen LogP contribution in [0.1, 0.15) is 30.1 Å². The molecule has 5 heteroatoms. The van der Waals surface area contributed by atoms with Crippen LogP contribution in [0.2, 0.25) is 0 Å². The molecule has 1 atom stereocenters. The number of aromatic carboxylic acids is 1. The first-order chi connectivity index (χ1) is 10.1. The van der Waals surface area contributed by atoms with Gasteiger partial charge in [0.25, 0.3) is 0 Å². The molecule has 1 aliphatic heterocycles. The first kappa shape index (κ1) is 14.2. The molecule has 110 valence electrons. The normalized spacial score (nSPS) is 21.6. The largest absolute Gasteiger partial charge is 0.478 e. The molecule has 21 heavy (non-hydrogen) atoms. The Kier molecular flexibility index (Phi) is 3.76. The predicted molar refractivity (Wildman–Crippen MR) is 87.3 cm³/mol. The average molecular weight is 302 g/mol. The summed E-state index contributed by atoms with van der Waals surface area (Å²) < 4.78 is 0.219. The Morgan fingerprint density at radius 1 is 1.48 bits per heavy atom. The first-order valence-electron chi connectivity index (χ1n) is 7.08. The van der Waals surface area contributed by atoms with E-state index in [9.17, 15) is 9.90 Å². The van der Waals surface area contributed by atoms with Crippen molar-refractivity contribution in [1.82, 2.24) is 4.98 Å². The molecule has 0 radical (unpaired) electrons. The van der Waals surface area contributed by atoms with E-state index in [1.54, 1.807) is 12.1 Å². The van der Waals surface area contributed by atoms with Crippen molar-refractivity contribution in [1.29, 1.82) is 0 Å². The number of nitrogens with zero attached hydrogens (tertiary/aromatic N) is 1. The number of anilines is 1. The predicted octanol–water partition coefficient (Wildman–Crippen LogP) is 3.63. The third-order valence-corrected chi connectivity index (χ3v) is 5.43. The van der Waals surface area contributed by atoms with Crippen molar-refractivity contribution in [3.05, 3.63) is 35.9 Å². The molecule has 2 N–H and O–H groups in total. The molecule has 1 unspecified atom stereocenters. The van der Waals surface area contributed by atoms with Crippen LogP contribution in [0.5, 0.6) is 0 Å². The van der Waals surface area contributed by atoms with Gasteiger partial charge in [0.2, 0.25) is 0 Å². The summed E-state index contributed by atoms with van der Waals surface area (Å²) in [4.78, 5) is 16.0. The lowest BCUT2D eigenvalue weighted by Crippen LogP contribution is -2.27. The Morgan fingerprint density at radius 3 is 3.00 bits per heavy atom. The third-order valence-electron chi connectivity index (χ3n) is 3.89. The summed E-state index contributed by atoms with van der Waals surface area (Å²) in [5.74, 6) is 0.918. The zero-order valence-electron chi connectivity index (χ0n) is 11.9. The van der Waals surface area contributed by atoms with Crippen LogP contribution >= 0.6 is 11.8 Å². The van der Waals surface area contributed by atoms with Gasteiger partial charge in [-0.3, -0.25) is 0 Å². The topological polar surface area (TPSA) is 62.2 Å². The van der Waals surface area contributed by atoms with Crippen molar-refractivity contribution in [2.24, 2.45) is 0 Å². The number of rotatable bonds is 4. The van der Waals surface area contributed by atoms with E-state index in [2.05, 4.69) is 17.2 Å². The van der Waals surface area contributed by atoms with Crippen molar-refractivity contribution in [3.8, 4) is 0 Å². The second-order valence-electron chi connectivity index (χ2n) is 5.63. The molecule has 1 saturated heterocycles. The zero-order chi connectivity index (χ0) is 14.9. The Hall–Kier alpha value is -1.75. The van der Waals surface area contributed by atoms with E-state index in [0.717, 1.165) is 6.54 Å². The molecule has 1 aromatic heterocycles. The van der Waals surface area contributed by atoms with Gasteiger partial charge in [-0.25, -0.2) is 9.78 Å². The van der Waals surface area contributed by atoms with Gasteiger partial charge in [-0.2, -0.15) is 11.8 Å². The van der Waals surface area contributed by atoms with Crippen LogP contribution in [0, 0.1) is 0 Å². The molecule has 3 rings (SSSR count). The third kappa shape index (κ3) is 2.97. The molecule has 2 heterocycles. The minimum Gasteiger partial charge on any atom is -0.478 e. The highest BCUT2D eigenvalue weighted by molar-refractivity contribution is 8.00. The molecular formula is C16H18N2O2S. The maximum atomic E-state index is 11.4. The minimum absolute atomic E-state index is 0.219. The second kappa shape index (κ2) is 5.56. The summed E-state index contributed by atoms with van der Waals surface area (Å²) in [5.41, 5.74) is 1.01. The van der Waals surface area contributed by atoms with Crippen molar-refractivity contribution >= 4 is 34.5 Å². The molecule has 0 bridgehead atoms. The van der Waals surface area contributed by atoms with E-state index in [1.165, 1.54) is 18.6 Å². The van der Waals surface area contributed by atoms with E-state index in [0.29, 0.717) is 22.3 Å². The number of thioether (sulfide) groups is 1. The van der Waals surface area contributed by atoms with E-state index < -0.39 is 5.97 Å². The first-order valence-corrected chi connectivity index (χ1v) is 8.07. The smallest absolute Gasteiger partial charge is 0.336 e. The molecule has 1 aromatic carbocycles. The maximum Gasteiger partial charge on any atom is 0.336 e. The van der Waals surface area contributed by atoms with Gasteiger partial charge >= 0.3 is 5.97 Å². The van der Waals surface area contributed by atoms with Gasteiger partial charge in [0, 0.05) is 16.7 Å². The number of benzene rings is 1. The fourth-order valence-electron chi connectivity index (χ4n) is 2.70. The fourth-order valence-corrected chi connectivity index (χ4v) is 3.94. The van der Waals surface area contributed by atoms with Gasteiger partial charge in [0.05, 0.1) is 11.1 Å². The number of hydrogen-bond acceptors (Lipinski definition) is 4. The summed E-state index contributed by atoms with van der Waals surface area (Å²) in [6, 6.07) is 8.98. The number of fused-ring (bicyclic) bond motifs is 1. The standard InChI is InChI=1S/C16H18N2O2S/c1-16(7-4-8-21-16)10-17-14-9-12(15(19)20)11-5-2-3-6-13(11)18-14/h2-3,5-6,9H,4,7-8,10H2,1H3,(H,17,18)(H,19,20). The summed E-state index contributed by atoms with van der Waals surface area (Å²) in [5, 5.41) is 13.4. The number of nitrogens with one attached hydrogen (secondary N) is 1. The zero-order valence-corrected chi connectivity index (χ0v) is 12.7. The Morgan fingerprint density at radius 2 is 2.29 bits per heavy atom. The summed E-state index contributed by atoms with van der Waals surface area (Å²) in [6.07, 6.45) is 2.43. The Balaban J connectivity index is 1.90. The van der Waals surface area contributed by atoms with Gasteiger partial charge in [0.15, 0.2) is 0 Å². The number of aromatic nitrogens is 1. The molecule has 0 amide bonds. The lowest BCUT2D eigenvalue weighted by molar-refractivity contribution is 0.0699. The molecule has 0 aliphatic carbocycles. The van der Waals surface area contributed by atoms with E-state index in [-0.39, 0.29) is 4.75 Å². The summed E-state index contributed by atoms with van der Waals surface area (Å²) >= 11 is 1.97. The van der Waals surface area contributed by atoms with Crippen molar-refractivity contribution in [2.75, 3.05) is 17.6 Å². The molecule has 1 fully saturated rings. The highest BCUT2D eigenvalue weighted by atomic mass is 32.2. The van der Waals surface area contributed by atoms with Gasteiger partial charge in [-0.1, -0.05) is 18.2 Å². The number of para-hydroxylation sites is 1. The van der Waals surface area contributed by atoms with E-state index >= 15 is 0 Å². The van der Waals surface area contributed by atoms with Crippen LogP contribution in [0.4, 0.5) is 5.82 Å². The number of pyridine rings is 1. The highest BCUT2D eigenvalue weighted by Gasteiger charge is 2.29. The Bertz CT molecular complexity index is 681. The highest BCUT2D eigenvalue weighted by Crippen LogP contribution is 2.37. The summed E-state index contributed by atoms with van der Waals surface area (Å²) in [7, 11) is 0. The molecule has 2 aromatic rings. The van der Waals surface area contributed by atoms with Crippen molar-refractivity contribution < 1.29 is 9.90 Å². The van der Waals surface area contributed by atoms with Gasteiger partial charge in [-0.15, -0.1) is 0 Å². The van der Waals surface area contributed by atoms with E-state index in [1.807, 2.05) is 30.0 Å². The van der Waals surface area contributed by atoms with E-state index in [4.69, 9.17) is 0 Å². The number of carbonyl (C=O) groups is 1. The quantitative estimate of drug-likeness (QED) is 0.903. The van der Waals surface area contributed by atoms with Crippen LogP contribution in [0.3, 0.4) is 0 Å². The lowest BCUT2D eigenvalue weighted by Gasteiger charge is -2.23. The number of hydrogen-bond donors (Lipinski definition) is 2. The monoisotopic (exact) mass is 302 g/mol.